The van der Waals surface area contributed by atoms with Crippen LogP contribution in [0.1, 0.15) is 15.2 Å². The summed E-state index contributed by atoms with van der Waals surface area (Å²) in [5, 5.41) is 1.94. The molecule has 3 rings (SSSR count). The molecule has 0 spiro atoms. The van der Waals surface area contributed by atoms with Gasteiger partial charge in [-0.3, -0.25) is 9.79 Å². The third kappa shape index (κ3) is 0.820. The number of rotatable bonds is 0. The summed E-state index contributed by atoms with van der Waals surface area (Å²) in [6.07, 6.45) is 5.29. The number of ketones is 1. The summed E-state index contributed by atoms with van der Waals surface area (Å²) in [6, 6.07) is 1.87. The molecule has 1 aromatic heterocycles. The van der Waals surface area contributed by atoms with Crippen LogP contribution in [0.2, 0.25) is 0 Å². The molecular formula is C10H5NOS. The van der Waals surface area contributed by atoms with Crippen LogP contribution in [0, 0.1) is 0 Å². The first-order valence-electron chi connectivity index (χ1n) is 3.95. The average Bonchev–Trinajstić information content (AvgIpc) is 2.66. The van der Waals surface area contributed by atoms with Crippen LogP contribution in [-0.4, -0.2) is 12.0 Å². The number of carbonyl (C=O) groups excluding carboxylic acids is 1. The lowest BCUT2D eigenvalue weighted by Crippen LogP contribution is -2.03. The molecule has 0 unspecified atom stereocenters. The molecule has 2 heterocycles. The Morgan fingerprint density at radius 1 is 1.38 bits per heavy atom. The van der Waals surface area contributed by atoms with E-state index >= 15 is 0 Å². The molecule has 0 aromatic carbocycles. The molecule has 1 aliphatic heterocycles. The smallest absolute Gasteiger partial charge is 0.189 e. The molecule has 13 heavy (non-hydrogen) atoms. The van der Waals surface area contributed by atoms with Gasteiger partial charge >= 0.3 is 0 Å². The SMILES string of the molecule is O=C1C=C2N=CC=C2c2sccc21. The van der Waals surface area contributed by atoms with E-state index in [1.54, 1.807) is 23.6 Å². The Morgan fingerprint density at radius 3 is 3.23 bits per heavy atom. The van der Waals surface area contributed by atoms with Crippen LogP contribution < -0.4 is 0 Å². The van der Waals surface area contributed by atoms with E-state index in [0.29, 0.717) is 0 Å². The van der Waals surface area contributed by atoms with Crippen LogP contribution in [0.5, 0.6) is 0 Å². The van der Waals surface area contributed by atoms with Gasteiger partial charge in [0.05, 0.1) is 5.70 Å². The molecule has 0 radical (unpaired) electrons. The first kappa shape index (κ1) is 6.97. The summed E-state index contributed by atoms with van der Waals surface area (Å²) < 4.78 is 0. The van der Waals surface area contributed by atoms with E-state index in [9.17, 15) is 4.79 Å². The fourth-order valence-corrected chi connectivity index (χ4v) is 2.50. The van der Waals surface area contributed by atoms with Crippen LogP contribution in [0.4, 0.5) is 0 Å². The monoisotopic (exact) mass is 187 g/mol. The Hall–Kier alpha value is -1.48. The van der Waals surface area contributed by atoms with Crippen molar-refractivity contribution < 1.29 is 4.79 Å². The average molecular weight is 187 g/mol. The highest BCUT2D eigenvalue weighted by molar-refractivity contribution is 7.11. The van der Waals surface area contributed by atoms with Crippen molar-refractivity contribution in [2.45, 2.75) is 0 Å². The maximum Gasteiger partial charge on any atom is 0.189 e. The Bertz CT molecular complexity index is 491. The van der Waals surface area contributed by atoms with Gasteiger partial charge in [-0.1, -0.05) is 0 Å². The highest BCUT2D eigenvalue weighted by atomic mass is 32.1. The molecular weight excluding hydrogens is 182 g/mol. The Balaban J connectivity index is 2.33. The van der Waals surface area contributed by atoms with Gasteiger partial charge in [0, 0.05) is 28.3 Å². The molecule has 0 atom stereocenters. The van der Waals surface area contributed by atoms with Crippen LogP contribution in [-0.2, 0) is 0 Å². The lowest BCUT2D eigenvalue weighted by Gasteiger charge is -2.08. The number of hydrogen-bond acceptors (Lipinski definition) is 3. The van der Waals surface area contributed by atoms with Crippen LogP contribution in [0.25, 0.3) is 5.57 Å². The first-order chi connectivity index (χ1) is 6.36. The van der Waals surface area contributed by atoms with E-state index in [0.717, 1.165) is 21.7 Å². The molecule has 2 aliphatic rings. The molecule has 62 valence electrons. The Morgan fingerprint density at radius 2 is 2.31 bits per heavy atom. The number of aliphatic imine (C=N–C) groups is 1. The van der Waals surface area contributed by atoms with Gasteiger partial charge in [-0.2, -0.15) is 0 Å². The Labute approximate surface area is 78.9 Å². The van der Waals surface area contributed by atoms with Gasteiger partial charge in [0.2, 0.25) is 0 Å². The lowest BCUT2D eigenvalue weighted by molar-refractivity contribution is 0.104. The van der Waals surface area contributed by atoms with E-state index in [-0.39, 0.29) is 5.78 Å². The molecule has 0 N–H and O–H groups in total. The van der Waals surface area contributed by atoms with E-state index in [1.807, 2.05) is 17.5 Å². The van der Waals surface area contributed by atoms with Gasteiger partial charge in [0.25, 0.3) is 0 Å². The minimum atomic E-state index is 0.0717. The summed E-state index contributed by atoms with van der Waals surface area (Å²) >= 11 is 1.60. The number of thiophene rings is 1. The lowest BCUT2D eigenvalue weighted by atomic mass is 9.98. The van der Waals surface area contributed by atoms with Crippen LogP contribution in [0.3, 0.4) is 0 Å². The summed E-state index contributed by atoms with van der Waals surface area (Å²) in [4.78, 5) is 16.7. The molecule has 0 saturated heterocycles. The van der Waals surface area contributed by atoms with Crippen molar-refractivity contribution >= 4 is 28.9 Å². The molecule has 2 nitrogen and oxygen atoms in total. The summed E-state index contributed by atoms with van der Waals surface area (Å²) in [5.74, 6) is 0.0717. The largest absolute Gasteiger partial charge is 0.289 e. The molecule has 0 bridgehead atoms. The third-order valence-corrected chi connectivity index (χ3v) is 3.12. The zero-order valence-electron chi connectivity index (χ0n) is 6.65. The second-order valence-corrected chi connectivity index (χ2v) is 3.83. The maximum absolute atomic E-state index is 11.5. The molecule has 0 amide bonds. The molecule has 0 fully saturated rings. The van der Waals surface area contributed by atoms with Crippen LogP contribution in [0.15, 0.2) is 34.3 Å². The van der Waals surface area contributed by atoms with Gasteiger partial charge in [-0.25, -0.2) is 0 Å². The standard InChI is InChI=1S/C10H5NOS/c12-9-5-8-6(1-3-11-8)10-7(9)2-4-13-10/h1-5H. The molecule has 1 aromatic rings. The molecule has 3 heteroatoms. The number of carbonyl (C=O) groups is 1. The second kappa shape index (κ2) is 2.26. The van der Waals surface area contributed by atoms with E-state index < -0.39 is 0 Å². The minimum Gasteiger partial charge on any atom is -0.289 e. The van der Waals surface area contributed by atoms with Crippen molar-refractivity contribution in [1.29, 1.82) is 0 Å². The fraction of sp³-hybridized carbons (Fsp3) is 0. The minimum absolute atomic E-state index is 0.0717. The zero-order valence-corrected chi connectivity index (χ0v) is 7.47. The molecule has 0 saturated carbocycles. The highest BCUT2D eigenvalue weighted by Crippen LogP contribution is 2.37. The summed E-state index contributed by atoms with van der Waals surface area (Å²) in [7, 11) is 0. The quantitative estimate of drug-likeness (QED) is 0.612. The van der Waals surface area contributed by atoms with Gasteiger partial charge < -0.3 is 0 Å². The maximum atomic E-state index is 11.5. The third-order valence-electron chi connectivity index (χ3n) is 2.17. The van der Waals surface area contributed by atoms with Gasteiger partial charge in [0.15, 0.2) is 5.78 Å². The predicted octanol–water partition coefficient (Wildman–Crippen LogP) is 2.30. The first-order valence-corrected chi connectivity index (χ1v) is 4.83. The number of allylic oxidation sites excluding steroid dienone is 3. The Kier molecular flexibility index (Phi) is 1.21. The summed E-state index contributed by atoms with van der Waals surface area (Å²) in [5.41, 5.74) is 2.70. The van der Waals surface area contributed by atoms with Crippen molar-refractivity contribution in [3.63, 3.8) is 0 Å². The topological polar surface area (TPSA) is 29.4 Å². The van der Waals surface area contributed by atoms with Crippen molar-refractivity contribution in [2.24, 2.45) is 4.99 Å². The van der Waals surface area contributed by atoms with E-state index in [1.165, 1.54) is 0 Å². The van der Waals surface area contributed by atoms with Gasteiger partial charge in [-0.05, 0) is 17.5 Å². The van der Waals surface area contributed by atoms with Crippen molar-refractivity contribution in [3.8, 4) is 0 Å². The molecule has 1 aliphatic carbocycles. The van der Waals surface area contributed by atoms with E-state index in [4.69, 9.17) is 0 Å². The fourth-order valence-electron chi connectivity index (χ4n) is 1.57. The van der Waals surface area contributed by atoms with Gasteiger partial charge in [0.1, 0.15) is 0 Å². The van der Waals surface area contributed by atoms with E-state index in [2.05, 4.69) is 4.99 Å². The van der Waals surface area contributed by atoms with Crippen molar-refractivity contribution in [1.82, 2.24) is 0 Å². The number of fused-ring (bicyclic) bond motifs is 3. The van der Waals surface area contributed by atoms with Crippen LogP contribution >= 0.6 is 11.3 Å². The zero-order chi connectivity index (χ0) is 8.84. The highest BCUT2D eigenvalue weighted by Gasteiger charge is 2.24. The summed E-state index contributed by atoms with van der Waals surface area (Å²) in [6.45, 7) is 0. The predicted molar refractivity (Wildman–Crippen MR) is 53.2 cm³/mol. The normalized spacial score (nSPS) is 18.0. The number of hydrogen-bond donors (Lipinski definition) is 0. The van der Waals surface area contributed by atoms with Crippen molar-refractivity contribution in [2.75, 3.05) is 0 Å². The second-order valence-electron chi connectivity index (χ2n) is 2.92. The van der Waals surface area contributed by atoms with Crippen molar-refractivity contribution in [3.05, 3.63) is 39.7 Å². The number of nitrogens with zero attached hydrogens (tertiary/aromatic N) is 1. The van der Waals surface area contributed by atoms with Gasteiger partial charge in [-0.15, -0.1) is 11.3 Å².